The third-order valence-electron chi connectivity index (χ3n) is 8.25. The minimum absolute atomic E-state index is 0.0157. The molecule has 2 aliphatic rings. The van der Waals surface area contributed by atoms with Gasteiger partial charge in [-0.1, -0.05) is 62.4 Å². The van der Waals surface area contributed by atoms with E-state index in [-0.39, 0.29) is 36.4 Å². The molecule has 0 radical (unpaired) electrons. The highest BCUT2D eigenvalue weighted by Crippen LogP contribution is 2.28. The van der Waals surface area contributed by atoms with Crippen LogP contribution in [0.1, 0.15) is 84.6 Å². The fraction of sp³-hybridized carbons (Fsp3) is 0.667. The molecule has 1 saturated heterocycles. The SMILES string of the molecule is C[C@@H](OC(C)(C)C)[C@H](NC(=O)OCc1ccccc1)C(=O)N[C@@H](CC1CCCCC1)C(=O)N[C@@H](C[C@@H]1CCNC1=O)C(=O)CS. The van der Waals surface area contributed by atoms with Gasteiger partial charge in [0, 0.05) is 12.5 Å². The van der Waals surface area contributed by atoms with Crippen molar-refractivity contribution in [3.05, 3.63) is 35.9 Å². The van der Waals surface area contributed by atoms with E-state index in [4.69, 9.17) is 9.47 Å². The Kier molecular flexibility index (Phi) is 14.2. The highest BCUT2D eigenvalue weighted by molar-refractivity contribution is 7.81. The predicted molar refractivity (Wildman–Crippen MR) is 173 cm³/mol. The van der Waals surface area contributed by atoms with Crippen molar-refractivity contribution in [1.82, 2.24) is 21.3 Å². The molecule has 4 amide bonds. The van der Waals surface area contributed by atoms with Crippen LogP contribution in [0.4, 0.5) is 4.79 Å². The Morgan fingerprint density at radius 2 is 1.60 bits per heavy atom. The summed E-state index contributed by atoms with van der Waals surface area (Å²) < 4.78 is 11.4. The summed E-state index contributed by atoms with van der Waals surface area (Å²) >= 11 is 4.13. The summed E-state index contributed by atoms with van der Waals surface area (Å²) in [5.74, 6) is -1.85. The molecule has 1 aliphatic carbocycles. The third kappa shape index (κ3) is 12.3. The second-order valence-electron chi connectivity index (χ2n) is 13.1. The highest BCUT2D eigenvalue weighted by Gasteiger charge is 2.37. The normalized spacial score (nSPS) is 19.8. The van der Waals surface area contributed by atoms with Crippen molar-refractivity contribution >= 4 is 42.2 Å². The molecule has 0 aromatic heterocycles. The van der Waals surface area contributed by atoms with Crippen LogP contribution in [0.15, 0.2) is 30.3 Å². The minimum atomic E-state index is -1.17. The summed E-state index contributed by atoms with van der Waals surface area (Å²) in [5, 5.41) is 11.1. The number of hydrogen-bond acceptors (Lipinski definition) is 8. The van der Waals surface area contributed by atoms with E-state index in [1.54, 1.807) is 6.92 Å². The maximum atomic E-state index is 13.9. The van der Waals surface area contributed by atoms with Crippen LogP contribution >= 0.6 is 12.6 Å². The Labute approximate surface area is 272 Å². The van der Waals surface area contributed by atoms with E-state index in [0.29, 0.717) is 19.4 Å². The summed E-state index contributed by atoms with van der Waals surface area (Å²) in [6.45, 7) is 7.74. The second kappa shape index (κ2) is 17.5. The van der Waals surface area contributed by atoms with Crippen molar-refractivity contribution in [2.24, 2.45) is 11.8 Å². The molecule has 3 rings (SSSR count). The predicted octanol–water partition coefficient (Wildman–Crippen LogP) is 3.45. The number of rotatable bonds is 15. The number of ketones is 1. The molecule has 1 aromatic carbocycles. The molecule has 0 bridgehead atoms. The van der Waals surface area contributed by atoms with Crippen LogP contribution in [-0.4, -0.2) is 71.7 Å². The number of amides is 4. The number of carbonyl (C=O) groups is 5. The monoisotopic (exact) mass is 646 g/mol. The number of carbonyl (C=O) groups excluding carboxylic acids is 5. The number of alkyl carbamates (subject to hydrolysis) is 1. The molecule has 2 fully saturated rings. The number of nitrogens with one attached hydrogen (secondary N) is 4. The molecule has 0 spiro atoms. The molecule has 0 unspecified atom stereocenters. The van der Waals surface area contributed by atoms with Gasteiger partial charge in [-0.05, 0) is 58.4 Å². The van der Waals surface area contributed by atoms with Gasteiger partial charge in [0.1, 0.15) is 18.7 Å². The van der Waals surface area contributed by atoms with Crippen LogP contribution in [0.2, 0.25) is 0 Å². The van der Waals surface area contributed by atoms with Crippen LogP contribution in [0.25, 0.3) is 0 Å². The first-order chi connectivity index (χ1) is 21.4. The molecule has 1 heterocycles. The molecule has 5 atom stereocenters. The molecule has 1 saturated carbocycles. The van der Waals surface area contributed by atoms with E-state index < -0.39 is 53.7 Å². The molecule has 11 nitrogen and oxygen atoms in total. The largest absolute Gasteiger partial charge is 0.445 e. The van der Waals surface area contributed by atoms with Crippen molar-refractivity contribution in [1.29, 1.82) is 0 Å². The van der Waals surface area contributed by atoms with Crippen LogP contribution in [0, 0.1) is 11.8 Å². The Hall–Kier alpha value is -3.12. The van der Waals surface area contributed by atoms with Gasteiger partial charge in [-0.3, -0.25) is 19.2 Å². The maximum Gasteiger partial charge on any atom is 0.408 e. The Bertz CT molecular complexity index is 1150. The quantitative estimate of drug-likeness (QED) is 0.183. The van der Waals surface area contributed by atoms with Crippen LogP contribution in [0.5, 0.6) is 0 Å². The van der Waals surface area contributed by atoms with Crippen molar-refractivity contribution < 1.29 is 33.4 Å². The van der Waals surface area contributed by atoms with E-state index >= 15 is 0 Å². The number of Topliss-reactive ketones (excluding diaryl/α,β-unsaturated/α-hetero) is 1. The molecular formula is C33H50N4O7S. The smallest absolute Gasteiger partial charge is 0.408 e. The van der Waals surface area contributed by atoms with Gasteiger partial charge in [-0.15, -0.1) is 0 Å². The molecule has 45 heavy (non-hydrogen) atoms. The fourth-order valence-electron chi connectivity index (χ4n) is 5.97. The molecule has 12 heteroatoms. The lowest BCUT2D eigenvalue weighted by molar-refractivity contribution is -0.136. The van der Waals surface area contributed by atoms with Gasteiger partial charge in [-0.25, -0.2) is 4.79 Å². The first kappa shape index (κ1) is 36.3. The van der Waals surface area contributed by atoms with Gasteiger partial charge >= 0.3 is 6.09 Å². The zero-order valence-corrected chi connectivity index (χ0v) is 27.8. The van der Waals surface area contributed by atoms with Crippen LogP contribution < -0.4 is 21.3 Å². The Morgan fingerprint density at radius 1 is 0.933 bits per heavy atom. The number of ether oxygens (including phenoxy) is 2. The van der Waals surface area contributed by atoms with Crippen molar-refractivity contribution in [3.63, 3.8) is 0 Å². The van der Waals surface area contributed by atoms with E-state index in [9.17, 15) is 24.0 Å². The summed E-state index contributed by atoms with van der Waals surface area (Å²) in [4.78, 5) is 65.6. The summed E-state index contributed by atoms with van der Waals surface area (Å²) in [6.07, 6.45) is 4.61. The standard InChI is InChI=1S/C33H50N4O7S/c1-21(44-33(2,3)4)28(37-32(42)43-19-23-13-9-6-10-14-23)31(41)36-26(17-22-11-7-5-8-12-22)30(40)35-25(27(38)20-45)18-24-15-16-34-29(24)39/h6,9-10,13-14,21-22,24-26,28,45H,5,7-8,11-12,15-20H2,1-4H3,(H,34,39)(H,35,40)(H,36,41)(H,37,42)/t21-,24+,25+,26+,28+/m1/s1. The lowest BCUT2D eigenvalue weighted by atomic mass is 9.84. The van der Waals surface area contributed by atoms with Gasteiger partial charge in [0.05, 0.1) is 23.5 Å². The van der Waals surface area contributed by atoms with E-state index in [1.807, 2.05) is 51.1 Å². The third-order valence-corrected chi connectivity index (χ3v) is 8.56. The lowest BCUT2D eigenvalue weighted by Crippen LogP contribution is -2.59. The molecule has 1 aliphatic heterocycles. The van der Waals surface area contributed by atoms with Gasteiger partial charge in [0.25, 0.3) is 0 Å². The summed E-state index contributed by atoms with van der Waals surface area (Å²) in [6, 6.07) is 6.10. The average molecular weight is 647 g/mol. The molecule has 4 N–H and O–H groups in total. The Balaban J connectivity index is 1.78. The lowest BCUT2D eigenvalue weighted by Gasteiger charge is -2.32. The van der Waals surface area contributed by atoms with Crippen LogP contribution in [-0.2, 0) is 35.3 Å². The van der Waals surface area contributed by atoms with E-state index in [2.05, 4.69) is 33.9 Å². The highest BCUT2D eigenvalue weighted by atomic mass is 32.1. The fourth-order valence-corrected chi connectivity index (χ4v) is 6.19. The van der Waals surface area contributed by atoms with Crippen molar-refractivity contribution in [3.8, 4) is 0 Å². The number of hydrogen-bond donors (Lipinski definition) is 5. The Morgan fingerprint density at radius 3 is 2.20 bits per heavy atom. The zero-order chi connectivity index (χ0) is 33.0. The van der Waals surface area contributed by atoms with Crippen molar-refractivity contribution in [2.75, 3.05) is 12.3 Å². The van der Waals surface area contributed by atoms with Gasteiger partial charge in [-0.2, -0.15) is 12.6 Å². The number of thiol groups is 1. The average Bonchev–Trinajstić information content (AvgIpc) is 3.41. The topological polar surface area (TPSA) is 152 Å². The van der Waals surface area contributed by atoms with Gasteiger partial charge < -0.3 is 30.7 Å². The first-order valence-corrected chi connectivity index (χ1v) is 16.7. The van der Waals surface area contributed by atoms with Gasteiger partial charge in [0.15, 0.2) is 5.78 Å². The summed E-state index contributed by atoms with van der Waals surface area (Å²) in [5.41, 5.74) is 0.164. The first-order valence-electron chi connectivity index (χ1n) is 16.0. The van der Waals surface area contributed by atoms with E-state index in [0.717, 1.165) is 37.7 Å². The number of benzene rings is 1. The van der Waals surface area contributed by atoms with Crippen LogP contribution in [0.3, 0.4) is 0 Å². The molecular weight excluding hydrogens is 596 g/mol. The second-order valence-corrected chi connectivity index (χ2v) is 13.4. The van der Waals surface area contributed by atoms with Gasteiger partial charge in [0.2, 0.25) is 17.7 Å². The summed E-state index contributed by atoms with van der Waals surface area (Å²) in [7, 11) is 0. The zero-order valence-electron chi connectivity index (χ0n) is 26.9. The van der Waals surface area contributed by atoms with E-state index in [1.165, 1.54) is 0 Å². The molecule has 250 valence electrons. The minimum Gasteiger partial charge on any atom is -0.445 e. The molecule has 1 aromatic rings. The maximum absolute atomic E-state index is 13.9. The van der Waals surface area contributed by atoms with Crippen molar-refractivity contribution in [2.45, 2.75) is 115 Å².